The highest BCUT2D eigenvalue weighted by Gasteiger charge is 2.26. The molecule has 154 valence electrons. The summed E-state index contributed by atoms with van der Waals surface area (Å²) in [6.45, 7) is 6.99. The summed E-state index contributed by atoms with van der Waals surface area (Å²) in [6.07, 6.45) is 0. The first kappa shape index (κ1) is 21.0. The van der Waals surface area contributed by atoms with E-state index in [-0.39, 0.29) is 30.2 Å². The fourth-order valence-electron chi connectivity index (χ4n) is 3.36. The molecule has 3 rings (SSSR count). The minimum absolute atomic E-state index is 0.0261. The van der Waals surface area contributed by atoms with Crippen molar-refractivity contribution in [3.05, 3.63) is 59.9 Å². The van der Waals surface area contributed by atoms with E-state index >= 15 is 0 Å². The molecule has 1 heterocycles. The summed E-state index contributed by atoms with van der Waals surface area (Å²) < 4.78 is 12.9. The van der Waals surface area contributed by atoms with Crippen LogP contribution in [0.5, 0.6) is 0 Å². The van der Waals surface area contributed by atoms with Crippen molar-refractivity contribution >= 4 is 23.2 Å². The van der Waals surface area contributed by atoms with E-state index in [1.807, 2.05) is 38.1 Å². The second-order valence-electron chi connectivity index (χ2n) is 7.35. The number of amides is 2. The van der Waals surface area contributed by atoms with Gasteiger partial charge in [0, 0.05) is 37.6 Å². The molecule has 0 radical (unpaired) electrons. The molecule has 0 aromatic heterocycles. The predicted octanol–water partition coefficient (Wildman–Crippen LogP) is 2.72. The molecule has 1 atom stereocenters. The summed E-state index contributed by atoms with van der Waals surface area (Å²) in [5.74, 6) is -0.489. The molecule has 0 unspecified atom stereocenters. The van der Waals surface area contributed by atoms with Crippen LogP contribution in [0, 0.1) is 12.7 Å². The number of hydrogen-bond donors (Lipinski definition) is 2. The summed E-state index contributed by atoms with van der Waals surface area (Å²) in [7, 11) is 0. The van der Waals surface area contributed by atoms with Gasteiger partial charge in [-0.3, -0.25) is 19.4 Å². The van der Waals surface area contributed by atoms with Crippen molar-refractivity contribution in [1.82, 2.24) is 9.80 Å². The van der Waals surface area contributed by atoms with Gasteiger partial charge in [0.15, 0.2) is 0 Å². The Morgan fingerprint density at radius 1 is 1.00 bits per heavy atom. The van der Waals surface area contributed by atoms with E-state index < -0.39 is 0 Å². The van der Waals surface area contributed by atoms with Gasteiger partial charge in [0.2, 0.25) is 11.8 Å². The van der Waals surface area contributed by atoms with Crippen LogP contribution in [-0.4, -0.2) is 60.4 Å². The third-order valence-corrected chi connectivity index (χ3v) is 5.23. The lowest BCUT2D eigenvalue weighted by atomic mass is 10.1. The Bertz CT molecular complexity index is 848. The van der Waals surface area contributed by atoms with Gasteiger partial charge >= 0.3 is 0 Å². The molecule has 7 heteroatoms. The van der Waals surface area contributed by atoms with Gasteiger partial charge in [0.05, 0.1) is 12.6 Å². The number of halogens is 1. The van der Waals surface area contributed by atoms with Crippen molar-refractivity contribution in [1.29, 1.82) is 0 Å². The zero-order valence-corrected chi connectivity index (χ0v) is 16.8. The largest absolute Gasteiger partial charge is 0.325 e. The van der Waals surface area contributed by atoms with Gasteiger partial charge in [-0.2, -0.15) is 0 Å². The van der Waals surface area contributed by atoms with Crippen molar-refractivity contribution in [3.63, 3.8) is 0 Å². The van der Waals surface area contributed by atoms with E-state index in [2.05, 4.69) is 20.4 Å². The monoisotopic (exact) mass is 398 g/mol. The first-order valence-corrected chi connectivity index (χ1v) is 9.80. The lowest BCUT2D eigenvalue weighted by molar-refractivity contribution is -0.122. The Labute approximate surface area is 170 Å². The number of nitrogens with one attached hydrogen (secondary N) is 2. The molecular weight excluding hydrogens is 371 g/mol. The third-order valence-electron chi connectivity index (χ3n) is 5.23. The van der Waals surface area contributed by atoms with E-state index in [0.717, 1.165) is 11.3 Å². The van der Waals surface area contributed by atoms with Crippen molar-refractivity contribution in [2.24, 2.45) is 0 Å². The Hall–Kier alpha value is -2.77. The number of carbonyl (C=O) groups is 2. The number of carbonyl (C=O) groups excluding carboxylic acids is 2. The quantitative estimate of drug-likeness (QED) is 0.785. The summed E-state index contributed by atoms with van der Waals surface area (Å²) in [6, 6.07) is 13.2. The van der Waals surface area contributed by atoms with Gasteiger partial charge in [0.25, 0.3) is 0 Å². The number of piperazine rings is 1. The topological polar surface area (TPSA) is 64.7 Å². The fraction of sp³-hybridized carbons (Fsp3) is 0.364. The van der Waals surface area contributed by atoms with Gasteiger partial charge in [-0.1, -0.05) is 18.2 Å². The molecule has 2 amide bonds. The summed E-state index contributed by atoms with van der Waals surface area (Å²) in [5, 5.41) is 5.77. The average Bonchev–Trinajstić information content (AvgIpc) is 2.71. The number of hydrogen-bond acceptors (Lipinski definition) is 4. The Balaban J connectivity index is 1.44. The second-order valence-corrected chi connectivity index (χ2v) is 7.35. The van der Waals surface area contributed by atoms with Crippen LogP contribution in [0.15, 0.2) is 48.5 Å². The minimum atomic E-state index is -0.334. The molecule has 0 spiro atoms. The van der Waals surface area contributed by atoms with E-state index in [9.17, 15) is 14.0 Å². The predicted molar refractivity (Wildman–Crippen MR) is 112 cm³/mol. The number of para-hydroxylation sites is 1. The maximum Gasteiger partial charge on any atom is 0.241 e. The maximum atomic E-state index is 12.9. The minimum Gasteiger partial charge on any atom is -0.325 e. The first-order chi connectivity index (χ1) is 13.9. The number of benzene rings is 2. The van der Waals surface area contributed by atoms with Crippen LogP contribution in [-0.2, 0) is 9.59 Å². The molecule has 0 saturated carbocycles. The molecule has 6 nitrogen and oxygen atoms in total. The fourth-order valence-corrected chi connectivity index (χ4v) is 3.36. The highest BCUT2D eigenvalue weighted by molar-refractivity contribution is 5.95. The molecular formula is C22H27FN4O2. The summed E-state index contributed by atoms with van der Waals surface area (Å²) >= 11 is 0. The van der Waals surface area contributed by atoms with Crippen LogP contribution in [0.4, 0.5) is 15.8 Å². The molecule has 0 bridgehead atoms. The molecule has 2 aromatic rings. The van der Waals surface area contributed by atoms with Crippen molar-refractivity contribution < 1.29 is 14.0 Å². The third kappa shape index (κ3) is 5.85. The van der Waals surface area contributed by atoms with E-state index in [1.165, 1.54) is 12.1 Å². The Morgan fingerprint density at radius 3 is 2.31 bits per heavy atom. The van der Waals surface area contributed by atoms with Crippen LogP contribution >= 0.6 is 0 Å². The molecule has 0 aliphatic carbocycles. The van der Waals surface area contributed by atoms with Gasteiger partial charge in [-0.15, -0.1) is 0 Å². The van der Waals surface area contributed by atoms with Gasteiger partial charge in [-0.05, 0) is 49.7 Å². The lowest BCUT2D eigenvalue weighted by Gasteiger charge is -2.37. The average molecular weight is 398 g/mol. The molecule has 2 N–H and O–H groups in total. The molecule has 1 aliphatic heterocycles. The smallest absolute Gasteiger partial charge is 0.241 e. The summed E-state index contributed by atoms with van der Waals surface area (Å²) in [5.41, 5.74) is 2.45. The zero-order chi connectivity index (χ0) is 20.8. The first-order valence-electron chi connectivity index (χ1n) is 9.80. The van der Waals surface area contributed by atoms with Crippen molar-refractivity contribution in [3.8, 4) is 0 Å². The number of nitrogens with zero attached hydrogens (tertiary/aromatic N) is 2. The molecule has 29 heavy (non-hydrogen) atoms. The molecule has 1 aliphatic rings. The number of rotatable bonds is 6. The normalized spacial score (nSPS) is 16.2. The van der Waals surface area contributed by atoms with Gasteiger partial charge in [0.1, 0.15) is 5.82 Å². The van der Waals surface area contributed by atoms with Crippen LogP contribution in [0.2, 0.25) is 0 Å². The van der Waals surface area contributed by atoms with Gasteiger partial charge < -0.3 is 10.6 Å². The lowest BCUT2D eigenvalue weighted by Crippen LogP contribution is -2.53. The molecule has 1 saturated heterocycles. The van der Waals surface area contributed by atoms with Crippen LogP contribution in [0.1, 0.15) is 12.5 Å². The van der Waals surface area contributed by atoms with Crippen molar-refractivity contribution in [2.45, 2.75) is 19.9 Å². The van der Waals surface area contributed by atoms with E-state index in [1.54, 1.807) is 12.1 Å². The highest BCUT2D eigenvalue weighted by Crippen LogP contribution is 2.15. The SMILES string of the molecule is Cc1ccccc1NC(=O)[C@H](C)N1CCN(CC(=O)Nc2ccc(F)cc2)CC1. The van der Waals surface area contributed by atoms with Gasteiger partial charge in [-0.25, -0.2) is 4.39 Å². The molecule has 1 fully saturated rings. The molecule has 2 aromatic carbocycles. The van der Waals surface area contributed by atoms with Crippen LogP contribution in [0.3, 0.4) is 0 Å². The number of anilines is 2. The number of aryl methyl sites for hydroxylation is 1. The van der Waals surface area contributed by atoms with Crippen molar-refractivity contribution in [2.75, 3.05) is 43.4 Å². The summed E-state index contributed by atoms with van der Waals surface area (Å²) in [4.78, 5) is 29.0. The van der Waals surface area contributed by atoms with E-state index in [0.29, 0.717) is 31.9 Å². The standard InChI is InChI=1S/C22H27FN4O2/c1-16-5-3-4-6-20(16)25-22(29)17(2)27-13-11-26(12-14-27)15-21(28)24-19-9-7-18(23)8-10-19/h3-10,17H,11-15H2,1-2H3,(H,24,28)(H,25,29)/t17-/m0/s1. The Morgan fingerprint density at radius 2 is 1.66 bits per heavy atom. The van der Waals surface area contributed by atoms with Crippen LogP contribution < -0.4 is 10.6 Å². The Kier molecular flexibility index (Phi) is 6.95. The highest BCUT2D eigenvalue weighted by atomic mass is 19.1. The second kappa shape index (κ2) is 9.62. The van der Waals surface area contributed by atoms with Crippen LogP contribution in [0.25, 0.3) is 0 Å². The van der Waals surface area contributed by atoms with E-state index in [4.69, 9.17) is 0 Å². The zero-order valence-electron chi connectivity index (χ0n) is 16.8. The maximum absolute atomic E-state index is 12.9.